The molecule has 1 aliphatic rings. The second-order valence-corrected chi connectivity index (χ2v) is 33.1. The van der Waals surface area contributed by atoms with Gasteiger partial charge in [-0.2, -0.15) is 5.10 Å². The Balaban J connectivity index is 1.84. The number of nitrogens with two attached hydrogens (primary N) is 1. The van der Waals surface area contributed by atoms with Crippen LogP contribution in [0.4, 0.5) is 5.82 Å². The first-order chi connectivity index (χ1) is 22.8. The van der Waals surface area contributed by atoms with Crippen molar-refractivity contribution in [2.24, 2.45) is 0 Å². The van der Waals surface area contributed by atoms with Crippen molar-refractivity contribution in [1.29, 1.82) is 0 Å². The molecule has 0 saturated carbocycles. The Labute approximate surface area is 304 Å². The van der Waals surface area contributed by atoms with Gasteiger partial charge in [-0.1, -0.05) is 82.1 Å². The summed E-state index contributed by atoms with van der Waals surface area (Å²) >= 11 is 0. The zero-order valence-electron chi connectivity index (χ0n) is 34.0. The van der Waals surface area contributed by atoms with Crippen molar-refractivity contribution >= 4 is 41.9 Å². The van der Waals surface area contributed by atoms with Crippen LogP contribution in [0.3, 0.4) is 0 Å². The first kappa shape index (κ1) is 40.8. The van der Waals surface area contributed by atoms with E-state index in [9.17, 15) is 0 Å². The monoisotopic (exact) mass is 745 g/mol. The maximum Gasteiger partial charge on any atom is 0.192 e. The van der Waals surface area contributed by atoms with Crippen LogP contribution in [0.2, 0.25) is 54.4 Å². The quantitative estimate of drug-likeness (QED) is 0.135. The second-order valence-electron chi connectivity index (χ2n) is 18.8. The van der Waals surface area contributed by atoms with E-state index in [-0.39, 0.29) is 27.3 Å². The minimum absolute atomic E-state index is 0.0172. The summed E-state index contributed by atoms with van der Waals surface area (Å²) in [5, 5.41) is 4.57. The van der Waals surface area contributed by atoms with Crippen LogP contribution >= 0.6 is 0 Å². The lowest BCUT2D eigenvalue weighted by molar-refractivity contribution is -0.0470. The van der Waals surface area contributed by atoms with Crippen LogP contribution in [-0.4, -0.2) is 79.2 Å². The highest BCUT2D eigenvalue weighted by atomic mass is 28.4. The molecule has 282 valence electrons. The topological polar surface area (TPSA) is 124 Å². The Bertz CT molecular complexity index is 1600. The van der Waals surface area contributed by atoms with Gasteiger partial charge in [0.25, 0.3) is 0 Å². The molecule has 3 aromatic rings. The van der Waals surface area contributed by atoms with E-state index >= 15 is 0 Å². The van der Waals surface area contributed by atoms with E-state index in [0.29, 0.717) is 29.4 Å². The van der Waals surface area contributed by atoms with Crippen LogP contribution in [0.5, 0.6) is 0 Å². The Hall–Kier alpha value is -1.95. The number of nitrogen functional groups attached to an aromatic ring is 1. The van der Waals surface area contributed by atoms with Crippen LogP contribution in [0.25, 0.3) is 22.6 Å². The third kappa shape index (κ3) is 8.63. The fourth-order valence-corrected chi connectivity index (χ4v) is 8.87. The molecule has 0 bridgehead atoms. The molecule has 2 N–H and O–H groups in total. The lowest BCUT2D eigenvalue weighted by Crippen LogP contribution is -2.54. The number of hydrogen-bond acceptors (Lipinski definition) is 9. The smallest absolute Gasteiger partial charge is 0.192 e. The Morgan fingerprint density at radius 3 is 1.96 bits per heavy atom. The number of hydrogen-bond donors (Lipinski definition) is 1. The van der Waals surface area contributed by atoms with Gasteiger partial charge in [0.2, 0.25) is 0 Å². The molecule has 1 aliphatic heterocycles. The third-order valence-electron chi connectivity index (χ3n) is 11.8. The summed E-state index contributed by atoms with van der Waals surface area (Å²) in [7, 11) is -6.74. The highest BCUT2D eigenvalue weighted by molar-refractivity contribution is 6.75. The van der Waals surface area contributed by atoms with Crippen LogP contribution in [0.1, 0.15) is 94.7 Å². The third-order valence-corrected chi connectivity index (χ3v) is 25.2. The van der Waals surface area contributed by atoms with E-state index in [1.54, 1.807) is 12.5 Å². The van der Waals surface area contributed by atoms with Crippen LogP contribution in [0, 0.1) is 0 Å². The van der Waals surface area contributed by atoms with Gasteiger partial charge in [-0.05, 0) is 60.8 Å². The second kappa shape index (κ2) is 14.5. The maximum atomic E-state index is 7.37. The largest absolute Gasteiger partial charge is 0.414 e. The summed E-state index contributed by atoms with van der Waals surface area (Å²) in [4.78, 5) is 14.4. The van der Waals surface area contributed by atoms with Gasteiger partial charge in [0.1, 0.15) is 23.8 Å². The molecule has 0 spiro atoms. The van der Waals surface area contributed by atoms with Crippen LogP contribution in [0.15, 0.2) is 18.7 Å². The van der Waals surface area contributed by atoms with E-state index < -0.39 is 37.3 Å². The van der Waals surface area contributed by atoms with Crippen LogP contribution < -0.4 is 5.73 Å². The molecule has 11 nitrogen and oxygen atoms in total. The van der Waals surface area contributed by atoms with E-state index in [2.05, 4.69) is 119 Å². The highest BCUT2D eigenvalue weighted by Crippen LogP contribution is 2.47. The molecule has 14 heteroatoms. The SMILES string of the molecule is CCCCCn1cc(-c2nc(N)c3ncn([C@@H]4O[C@H](CO[Si](C)(C)C(C)(C)C)[C@@H](O[Si](C)(C)C(C)(C)C)[C@@H]4O[Si](C)(C)C(C)(C)C)c3n2)cn1. The lowest BCUT2D eigenvalue weighted by atomic mass is 10.1. The summed E-state index contributed by atoms with van der Waals surface area (Å²) in [5.74, 6) is 0.819. The summed E-state index contributed by atoms with van der Waals surface area (Å²) in [5.41, 5.74) is 8.51. The number of ether oxygens (including phenoxy) is 1. The van der Waals surface area contributed by atoms with Crippen molar-refractivity contribution in [2.75, 3.05) is 12.3 Å². The van der Waals surface area contributed by atoms with Crippen molar-refractivity contribution in [3.8, 4) is 11.4 Å². The van der Waals surface area contributed by atoms with Crippen molar-refractivity contribution < 1.29 is 18.0 Å². The predicted molar refractivity (Wildman–Crippen MR) is 212 cm³/mol. The van der Waals surface area contributed by atoms with Gasteiger partial charge >= 0.3 is 0 Å². The number of rotatable bonds is 13. The minimum atomic E-state index is -2.34. The van der Waals surface area contributed by atoms with Gasteiger partial charge in [0.15, 0.2) is 48.5 Å². The number of aryl methyl sites for hydroxylation is 1. The first-order valence-corrected chi connectivity index (χ1v) is 27.2. The average molecular weight is 746 g/mol. The summed E-state index contributed by atoms with van der Waals surface area (Å²) in [6.45, 7) is 37.6. The van der Waals surface area contributed by atoms with Gasteiger partial charge < -0.3 is 23.7 Å². The van der Waals surface area contributed by atoms with Gasteiger partial charge in [-0.3, -0.25) is 9.25 Å². The van der Waals surface area contributed by atoms with Crippen molar-refractivity contribution in [2.45, 2.75) is 174 Å². The fourth-order valence-electron chi connectivity index (χ4n) is 5.25. The molecule has 0 unspecified atom stereocenters. The minimum Gasteiger partial charge on any atom is -0.414 e. The molecule has 1 fully saturated rings. The zero-order valence-corrected chi connectivity index (χ0v) is 37.0. The Morgan fingerprint density at radius 1 is 0.820 bits per heavy atom. The highest BCUT2D eigenvalue weighted by Gasteiger charge is 2.55. The van der Waals surface area contributed by atoms with E-state index in [0.717, 1.165) is 31.4 Å². The zero-order chi connectivity index (χ0) is 37.7. The standard InChI is InChI=1S/C36H67N7O4Si3/c1-17-18-19-20-42-22-25(21-39-42)31-40-30(37)27-32(41-31)43(24-38-27)33-29(47-50(15,16)36(8,9)10)28(46-49(13,14)35(5,6)7)26(45-33)23-44-48(11,12)34(2,3)4/h21-22,24,26,28-29,33H,17-20,23H2,1-16H3,(H2,37,40,41)/t26-,28-,29+,33-/m1/s1. The predicted octanol–water partition coefficient (Wildman–Crippen LogP) is 9.16. The van der Waals surface area contributed by atoms with E-state index in [1.165, 1.54) is 0 Å². The Morgan fingerprint density at radius 2 is 1.40 bits per heavy atom. The lowest BCUT2D eigenvalue weighted by Gasteiger charge is -2.44. The number of imidazole rings is 1. The van der Waals surface area contributed by atoms with Gasteiger partial charge in [-0.15, -0.1) is 0 Å². The molecule has 4 rings (SSSR count). The van der Waals surface area contributed by atoms with Gasteiger partial charge in [0, 0.05) is 12.7 Å². The molecule has 50 heavy (non-hydrogen) atoms. The summed E-state index contributed by atoms with van der Waals surface area (Å²) in [6.07, 6.45) is 7.21. The number of fused-ring (bicyclic) bond motifs is 1. The average Bonchev–Trinajstić information content (AvgIpc) is 3.68. The molecular formula is C36H67N7O4Si3. The number of anilines is 1. The van der Waals surface area contributed by atoms with Crippen molar-refractivity contribution in [1.82, 2.24) is 29.3 Å². The molecule has 4 heterocycles. The van der Waals surface area contributed by atoms with E-state index in [4.69, 9.17) is 33.7 Å². The maximum absolute atomic E-state index is 7.37. The molecule has 0 aliphatic carbocycles. The van der Waals surface area contributed by atoms with E-state index in [1.807, 2.05) is 15.4 Å². The Kier molecular flexibility index (Phi) is 11.8. The molecular weight excluding hydrogens is 679 g/mol. The van der Waals surface area contributed by atoms with Gasteiger partial charge in [-0.25, -0.2) is 15.0 Å². The van der Waals surface area contributed by atoms with Crippen molar-refractivity contribution in [3.05, 3.63) is 18.7 Å². The van der Waals surface area contributed by atoms with Crippen molar-refractivity contribution in [3.63, 3.8) is 0 Å². The molecule has 3 aromatic heterocycles. The normalized spacial score (nSPS) is 21.4. The summed E-state index contributed by atoms with van der Waals surface area (Å²) in [6, 6.07) is 0. The number of aromatic nitrogens is 6. The molecule has 0 aromatic carbocycles. The molecule has 4 atom stereocenters. The fraction of sp³-hybridized carbons (Fsp3) is 0.778. The molecule has 0 amide bonds. The number of nitrogens with zero attached hydrogens (tertiary/aromatic N) is 6. The number of unbranched alkanes of at least 4 members (excludes halogenated alkanes) is 2. The van der Waals surface area contributed by atoms with Crippen LogP contribution in [-0.2, 0) is 24.6 Å². The molecule has 1 saturated heterocycles. The molecule has 0 radical (unpaired) electrons. The summed E-state index contributed by atoms with van der Waals surface area (Å²) < 4.78 is 32.6. The first-order valence-electron chi connectivity index (χ1n) is 18.5. The van der Waals surface area contributed by atoms with Gasteiger partial charge in [0.05, 0.1) is 24.7 Å².